The van der Waals surface area contributed by atoms with Crippen LogP contribution in [0, 0.1) is 5.92 Å². The van der Waals surface area contributed by atoms with Crippen LogP contribution in [0.15, 0.2) is 12.5 Å². The van der Waals surface area contributed by atoms with Crippen LogP contribution in [0.3, 0.4) is 0 Å². The number of nitrogens with zero attached hydrogens (tertiary/aromatic N) is 4. The van der Waals surface area contributed by atoms with Crippen molar-refractivity contribution < 1.29 is 9.90 Å². The normalized spacial score (nSPS) is 26.2. The molecule has 0 unspecified atom stereocenters. The molecule has 6 heteroatoms. The first-order valence-corrected chi connectivity index (χ1v) is 7.66. The smallest absolute Gasteiger partial charge is 0.222 e. The minimum absolute atomic E-state index is 0.0328. The molecule has 2 atom stereocenters. The predicted molar refractivity (Wildman–Crippen MR) is 78.6 cm³/mol. The summed E-state index contributed by atoms with van der Waals surface area (Å²) in [6.07, 6.45) is 6.54. The van der Waals surface area contributed by atoms with E-state index in [0.29, 0.717) is 19.0 Å². The highest BCUT2D eigenvalue weighted by molar-refractivity contribution is 5.75. The topological polar surface area (TPSA) is 61.6 Å². The highest BCUT2D eigenvalue weighted by Crippen LogP contribution is 2.34. The van der Waals surface area contributed by atoms with Gasteiger partial charge in [0, 0.05) is 58.3 Å². The Balaban J connectivity index is 1.53. The summed E-state index contributed by atoms with van der Waals surface area (Å²) >= 11 is 0. The number of hydrogen-bond donors (Lipinski definition) is 1. The predicted octanol–water partition coefficient (Wildman–Crippen LogP) is 0.489. The summed E-state index contributed by atoms with van der Waals surface area (Å²) in [4.78, 5) is 20.0. The molecule has 116 valence electrons. The quantitative estimate of drug-likeness (QED) is 0.858. The fraction of sp³-hybridized carbons (Fsp3) is 0.733. The van der Waals surface area contributed by atoms with Crippen molar-refractivity contribution in [2.75, 3.05) is 27.2 Å². The van der Waals surface area contributed by atoms with E-state index in [2.05, 4.69) is 20.6 Å². The fourth-order valence-electron chi connectivity index (χ4n) is 2.94. The summed E-state index contributed by atoms with van der Waals surface area (Å²) in [5, 5.41) is 10.1. The number of carbonyl (C=O) groups is 1. The zero-order valence-corrected chi connectivity index (χ0v) is 12.8. The number of aromatic nitrogens is 2. The van der Waals surface area contributed by atoms with Crippen molar-refractivity contribution in [3.8, 4) is 0 Å². The molecule has 3 rings (SSSR count). The Labute approximate surface area is 125 Å². The Morgan fingerprint density at radius 3 is 2.86 bits per heavy atom. The molecular formula is C15H24N4O2. The molecular weight excluding hydrogens is 268 g/mol. The summed E-state index contributed by atoms with van der Waals surface area (Å²) in [5.41, 5.74) is 1.05. The molecule has 1 aromatic rings. The van der Waals surface area contributed by atoms with Crippen LogP contribution in [0.1, 0.15) is 31.0 Å². The maximum absolute atomic E-state index is 11.8. The zero-order valence-electron chi connectivity index (χ0n) is 12.8. The third-order valence-electron chi connectivity index (χ3n) is 4.43. The number of amides is 1. The van der Waals surface area contributed by atoms with Crippen molar-refractivity contribution in [3.05, 3.63) is 18.2 Å². The van der Waals surface area contributed by atoms with Crippen molar-refractivity contribution in [1.29, 1.82) is 0 Å². The Morgan fingerprint density at radius 2 is 2.19 bits per heavy atom. The minimum Gasteiger partial charge on any atom is -0.391 e. The lowest BCUT2D eigenvalue weighted by Gasteiger charge is -2.16. The maximum Gasteiger partial charge on any atom is 0.222 e. The van der Waals surface area contributed by atoms with E-state index in [0.717, 1.165) is 18.8 Å². The second-order valence-electron chi connectivity index (χ2n) is 6.56. The molecule has 2 fully saturated rings. The van der Waals surface area contributed by atoms with E-state index >= 15 is 0 Å². The fourth-order valence-corrected chi connectivity index (χ4v) is 2.94. The molecule has 1 saturated carbocycles. The first kappa shape index (κ1) is 14.5. The second-order valence-corrected chi connectivity index (χ2v) is 6.56. The number of likely N-dealkylation sites (tertiary alicyclic amines) is 1. The van der Waals surface area contributed by atoms with E-state index in [4.69, 9.17) is 0 Å². The standard InChI is InChI=1S/C15H24N4O2/c1-17(2)15(21)5-11-6-18(9-14(11)20)7-12-8-19(10-16-12)13-3-4-13/h8,10-11,13-14,20H,3-7,9H2,1-2H3/t11-,14-/m1/s1. The molecule has 6 nitrogen and oxygen atoms in total. The average molecular weight is 292 g/mol. The molecule has 2 aliphatic rings. The van der Waals surface area contributed by atoms with E-state index in [1.165, 1.54) is 12.8 Å². The molecule has 1 aliphatic heterocycles. The molecule has 0 spiro atoms. The summed E-state index contributed by atoms with van der Waals surface area (Å²) in [6.45, 7) is 2.14. The highest BCUT2D eigenvalue weighted by atomic mass is 16.3. The van der Waals surface area contributed by atoms with Gasteiger partial charge in [-0.2, -0.15) is 0 Å². The lowest BCUT2D eigenvalue weighted by Crippen LogP contribution is -2.28. The van der Waals surface area contributed by atoms with Crippen LogP contribution in [0.5, 0.6) is 0 Å². The highest BCUT2D eigenvalue weighted by Gasteiger charge is 2.33. The van der Waals surface area contributed by atoms with Gasteiger partial charge in [0.2, 0.25) is 5.91 Å². The minimum atomic E-state index is -0.417. The van der Waals surface area contributed by atoms with Gasteiger partial charge in [0.1, 0.15) is 0 Å². The van der Waals surface area contributed by atoms with Crippen LogP contribution in [-0.4, -0.2) is 63.7 Å². The van der Waals surface area contributed by atoms with Gasteiger partial charge in [0.25, 0.3) is 0 Å². The molecule has 21 heavy (non-hydrogen) atoms. The molecule has 0 aromatic carbocycles. The molecule has 0 radical (unpaired) electrons. The van der Waals surface area contributed by atoms with Crippen LogP contribution in [0.2, 0.25) is 0 Å². The lowest BCUT2D eigenvalue weighted by atomic mass is 10.0. The van der Waals surface area contributed by atoms with Crippen molar-refractivity contribution in [2.24, 2.45) is 5.92 Å². The van der Waals surface area contributed by atoms with Crippen LogP contribution in [0.4, 0.5) is 0 Å². The molecule has 2 heterocycles. The van der Waals surface area contributed by atoms with E-state index in [9.17, 15) is 9.90 Å². The average Bonchev–Trinajstić information content (AvgIpc) is 3.09. The van der Waals surface area contributed by atoms with Crippen molar-refractivity contribution >= 4 is 5.91 Å². The van der Waals surface area contributed by atoms with Gasteiger partial charge in [0.15, 0.2) is 0 Å². The molecule has 0 bridgehead atoms. The number of imidazole rings is 1. The Kier molecular flexibility index (Phi) is 3.99. The molecule has 1 aliphatic carbocycles. The molecule has 1 amide bonds. The number of aliphatic hydroxyl groups excluding tert-OH is 1. The SMILES string of the molecule is CN(C)C(=O)C[C@@H]1CN(Cc2cn(C3CC3)cn2)C[C@H]1O. The first-order chi connectivity index (χ1) is 10.0. The summed E-state index contributed by atoms with van der Waals surface area (Å²) in [7, 11) is 3.51. The van der Waals surface area contributed by atoms with Gasteiger partial charge in [-0.25, -0.2) is 4.98 Å². The Morgan fingerprint density at radius 1 is 1.43 bits per heavy atom. The summed E-state index contributed by atoms with van der Waals surface area (Å²) in [6, 6.07) is 0.654. The van der Waals surface area contributed by atoms with Gasteiger partial charge in [-0.1, -0.05) is 0 Å². The maximum atomic E-state index is 11.8. The Hall–Kier alpha value is -1.40. The first-order valence-electron chi connectivity index (χ1n) is 7.66. The van der Waals surface area contributed by atoms with Crippen molar-refractivity contribution in [3.63, 3.8) is 0 Å². The third-order valence-corrected chi connectivity index (χ3v) is 4.43. The largest absolute Gasteiger partial charge is 0.391 e. The molecule has 1 aromatic heterocycles. The number of carbonyl (C=O) groups excluding carboxylic acids is 1. The van der Waals surface area contributed by atoms with Gasteiger partial charge < -0.3 is 14.6 Å². The number of rotatable bonds is 5. The van der Waals surface area contributed by atoms with Gasteiger partial charge in [-0.3, -0.25) is 9.69 Å². The van der Waals surface area contributed by atoms with E-state index in [1.807, 2.05) is 6.33 Å². The number of β-amino-alcohol motifs (C(OH)–C–C–N with tert-alkyl or cyclic N) is 1. The van der Waals surface area contributed by atoms with Gasteiger partial charge in [-0.05, 0) is 12.8 Å². The monoisotopic (exact) mass is 292 g/mol. The number of hydrogen-bond acceptors (Lipinski definition) is 4. The number of aliphatic hydroxyl groups is 1. The summed E-state index contributed by atoms with van der Waals surface area (Å²) < 4.78 is 2.19. The van der Waals surface area contributed by atoms with Gasteiger partial charge >= 0.3 is 0 Å². The molecule has 1 N–H and O–H groups in total. The van der Waals surface area contributed by atoms with Crippen LogP contribution in [-0.2, 0) is 11.3 Å². The van der Waals surface area contributed by atoms with Crippen LogP contribution < -0.4 is 0 Å². The third kappa shape index (κ3) is 3.44. The second kappa shape index (κ2) is 5.77. The van der Waals surface area contributed by atoms with Crippen molar-refractivity contribution in [2.45, 2.75) is 38.0 Å². The summed E-state index contributed by atoms with van der Waals surface area (Å²) in [5.74, 6) is 0.115. The molecule has 1 saturated heterocycles. The van der Waals surface area contributed by atoms with Gasteiger partial charge in [0.05, 0.1) is 18.1 Å². The Bertz CT molecular complexity index is 510. The van der Waals surface area contributed by atoms with E-state index in [-0.39, 0.29) is 11.8 Å². The van der Waals surface area contributed by atoms with Crippen molar-refractivity contribution in [1.82, 2.24) is 19.4 Å². The zero-order chi connectivity index (χ0) is 15.0. The van der Waals surface area contributed by atoms with Crippen LogP contribution in [0.25, 0.3) is 0 Å². The lowest BCUT2D eigenvalue weighted by molar-refractivity contribution is -0.130. The van der Waals surface area contributed by atoms with E-state index < -0.39 is 6.10 Å². The van der Waals surface area contributed by atoms with Gasteiger partial charge in [-0.15, -0.1) is 0 Å². The van der Waals surface area contributed by atoms with E-state index in [1.54, 1.807) is 19.0 Å². The van der Waals surface area contributed by atoms with Crippen LogP contribution >= 0.6 is 0 Å².